The number of hydrogen-bond acceptors (Lipinski definition) is 3. The molecular formula is C10H9NO2. The monoisotopic (exact) mass is 175 g/mol. The van der Waals surface area contributed by atoms with Gasteiger partial charge in [-0.1, -0.05) is 12.1 Å². The Labute approximate surface area is 76.1 Å². The van der Waals surface area contributed by atoms with E-state index in [1.54, 1.807) is 13.0 Å². The van der Waals surface area contributed by atoms with E-state index in [1.807, 2.05) is 18.2 Å². The third kappa shape index (κ3) is 1.45. The van der Waals surface area contributed by atoms with Crippen LogP contribution in [0.15, 0.2) is 29.3 Å². The third-order valence-corrected chi connectivity index (χ3v) is 1.89. The van der Waals surface area contributed by atoms with Gasteiger partial charge < -0.3 is 4.74 Å². The number of carbonyl (C=O) groups excluding carboxylic acids is 1. The number of benzene rings is 1. The van der Waals surface area contributed by atoms with Gasteiger partial charge in [0.05, 0.1) is 5.69 Å². The lowest BCUT2D eigenvalue weighted by Crippen LogP contribution is -2.08. The second-order valence-corrected chi connectivity index (χ2v) is 2.86. The zero-order chi connectivity index (χ0) is 9.26. The second kappa shape index (κ2) is 3.01. The van der Waals surface area contributed by atoms with Crippen molar-refractivity contribution in [2.24, 2.45) is 4.99 Å². The molecule has 0 saturated carbocycles. The first kappa shape index (κ1) is 7.98. The maximum atomic E-state index is 11.5. The molecular weight excluding hydrogens is 166 g/mol. The molecule has 0 fully saturated rings. The highest BCUT2D eigenvalue weighted by Crippen LogP contribution is 2.21. The van der Waals surface area contributed by atoms with Gasteiger partial charge in [0.2, 0.25) is 5.78 Å². The van der Waals surface area contributed by atoms with Crippen molar-refractivity contribution in [2.45, 2.75) is 6.92 Å². The quantitative estimate of drug-likeness (QED) is 0.604. The molecule has 1 aromatic carbocycles. The molecule has 1 aliphatic heterocycles. The summed E-state index contributed by atoms with van der Waals surface area (Å²) in [6, 6.07) is 7.26. The molecule has 1 aromatic rings. The van der Waals surface area contributed by atoms with E-state index >= 15 is 0 Å². The molecule has 0 amide bonds. The first-order chi connectivity index (χ1) is 6.27. The van der Waals surface area contributed by atoms with Crippen LogP contribution in [0.1, 0.15) is 17.3 Å². The summed E-state index contributed by atoms with van der Waals surface area (Å²) in [4.78, 5) is 15.6. The molecule has 0 radical (unpaired) electrons. The fourth-order valence-electron chi connectivity index (χ4n) is 1.26. The summed E-state index contributed by atoms with van der Waals surface area (Å²) in [5.41, 5.74) is 1.34. The van der Waals surface area contributed by atoms with Crippen molar-refractivity contribution < 1.29 is 9.53 Å². The Morgan fingerprint density at radius 1 is 1.38 bits per heavy atom. The molecule has 3 heteroatoms. The van der Waals surface area contributed by atoms with E-state index in [1.165, 1.54) is 0 Å². The minimum Gasteiger partial charge on any atom is -0.473 e. The molecule has 13 heavy (non-hydrogen) atoms. The van der Waals surface area contributed by atoms with Gasteiger partial charge in [0, 0.05) is 12.5 Å². The second-order valence-electron chi connectivity index (χ2n) is 2.86. The SMILES string of the molecule is CC1=Nc2ccccc2C(=O)CO1. The molecule has 0 saturated heterocycles. The summed E-state index contributed by atoms with van der Waals surface area (Å²) in [7, 11) is 0. The van der Waals surface area contributed by atoms with Crippen molar-refractivity contribution in [3.8, 4) is 0 Å². The third-order valence-electron chi connectivity index (χ3n) is 1.89. The van der Waals surface area contributed by atoms with Gasteiger partial charge in [-0.05, 0) is 12.1 Å². The molecule has 1 aliphatic rings. The number of ether oxygens (including phenoxy) is 1. The van der Waals surface area contributed by atoms with Gasteiger partial charge in [0.1, 0.15) is 0 Å². The molecule has 0 aromatic heterocycles. The van der Waals surface area contributed by atoms with Crippen LogP contribution in [0, 0.1) is 0 Å². The van der Waals surface area contributed by atoms with Crippen LogP contribution < -0.4 is 0 Å². The molecule has 3 nitrogen and oxygen atoms in total. The van der Waals surface area contributed by atoms with Crippen LogP contribution in [-0.2, 0) is 4.74 Å². The Kier molecular flexibility index (Phi) is 1.85. The number of para-hydroxylation sites is 1. The first-order valence-electron chi connectivity index (χ1n) is 4.08. The van der Waals surface area contributed by atoms with Crippen molar-refractivity contribution in [2.75, 3.05) is 6.61 Å². The highest BCUT2D eigenvalue weighted by atomic mass is 16.5. The maximum Gasteiger partial charge on any atom is 0.202 e. The van der Waals surface area contributed by atoms with Crippen LogP contribution in [0.3, 0.4) is 0 Å². The van der Waals surface area contributed by atoms with E-state index in [2.05, 4.69) is 4.99 Å². The fraction of sp³-hybridized carbons (Fsp3) is 0.200. The number of carbonyl (C=O) groups is 1. The van der Waals surface area contributed by atoms with Crippen LogP contribution in [0.4, 0.5) is 5.69 Å². The average Bonchev–Trinajstić information content (AvgIpc) is 2.27. The highest BCUT2D eigenvalue weighted by Gasteiger charge is 2.14. The van der Waals surface area contributed by atoms with Gasteiger partial charge in [0.15, 0.2) is 12.5 Å². The standard InChI is InChI=1S/C10H9NO2/c1-7-11-9-5-3-2-4-8(9)10(12)6-13-7/h2-5H,6H2,1H3. The molecule has 0 unspecified atom stereocenters. The summed E-state index contributed by atoms with van der Waals surface area (Å²) in [6.45, 7) is 1.84. The molecule has 0 N–H and O–H groups in total. The van der Waals surface area contributed by atoms with E-state index < -0.39 is 0 Å². The number of hydrogen-bond donors (Lipinski definition) is 0. The summed E-state index contributed by atoms with van der Waals surface area (Å²) in [5.74, 6) is 0.523. The number of nitrogens with zero attached hydrogens (tertiary/aromatic N) is 1. The van der Waals surface area contributed by atoms with E-state index in [4.69, 9.17) is 4.74 Å². The van der Waals surface area contributed by atoms with Crippen LogP contribution in [-0.4, -0.2) is 18.3 Å². The number of ketones is 1. The lowest BCUT2D eigenvalue weighted by atomic mass is 10.1. The van der Waals surface area contributed by atoms with Gasteiger partial charge in [-0.25, -0.2) is 4.99 Å². The van der Waals surface area contributed by atoms with Crippen LogP contribution in [0.25, 0.3) is 0 Å². The Balaban J connectivity index is 2.57. The zero-order valence-corrected chi connectivity index (χ0v) is 7.28. The largest absolute Gasteiger partial charge is 0.473 e. The van der Waals surface area contributed by atoms with Crippen molar-refractivity contribution in [3.63, 3.8) is 0 Å². The van der Waals surface area contributed by atoms with Gasteiger partial charge in [0.25, 0.3) is 0 Å². The van der Waals surface area contributed by atoms with Crippen molar-refractivity contribution in [1.29, 1.82) is 0 Å². The van der Waals surface area contributed by atoms with Crippen molar-refractivity contribution >= 4 is 17.4 Å². The van der Waals surface area contributed by atoms with Gasteiger partial charge in [-0.15, -0.1) is 0 Å². The fourth-order valence-corrected chi connectivity index (χ4v) is 1.26. The van der Waals surface area contributed by atoms with Gasteiger partial charge >= 0.3 is 0 Å². The number of rotatable bonds is 0. The zero-order valence-electron chi connectivity index (χ0n) is 7.28. The molecule has 1 heterocycles. The minimum absolute atomic E-state index is 0.0174. The number of aliphatic imine (C=N–C) groups is 1. The topological polar surface area (TPSA) is 38.7 Å². The van der Waals surface area contributed by atoms with E-state index in [0.29, 0.717) is 17.1 Å². The Morgan fingerprint density at radius 3 is 3.00 bits per heavy atom. The highest BCUT2D eigenvalue weighted by molar-refractivity contribution is 6.04. The lowest BCUT2D eigenvalue weighted by Gasteiger charge is -1.98. The predicted molar refractivity (Wildman–Crippen MR) is 49.5 cm³/mol. The van der Waals surface area contributed by atoms with Crippen LogP contribution in [0.5, 0.6) is 0 Å². The molecule has 66 valence electrons. The summed E-state index contributed by atoms with van der Waals surface area (Å²) in [5, 5.41) is 0. The van der Waals surface area contributed by atoms with E-state index in [0.717, 1.165) is 0 Å². The number of Topliss-reactive ketones (excluding diaryl/α,β-unsaturated/α-hetero) is 1. The van der Waals surface area contributed by atoms with Crippen LogP contribution >= 0.6 is 0 Å². The average molecular weight is 175 g/mol. The molecule has 0 bridgehead atoms. The normalized spacial score (nSPS) is 15.5. The van der Waals surface area contributed by atoms with Crippen LogP contribution in [0.2, 0.25) is 0 Å². The minimum atomic E-state index is -0.0174. The van der Waals surface area contributed by atoms with E-state index in [9.17, 15) is 4.79 Å². The first-order valence-corrected chi connectivity index (χ1v) is 4.08. The van der Waals surface area contributed by atoms with Crippen molar-refractivity contribution in [1.82, 2.24) is 0 Å². The molecule has 0 atom stereocenters. The smallest absolute Gasteiger partial charge is 0.202 e. The van der Waals surface area contributed by atoms with Gasteiger partial charge in [-0.3, -0.25) is 4.79 Å². The number of fused-ring (bicyclic) bond motifs is 1. The van der Waals surface area contributed by atoms with Crippen molar-refractivity contribution in [3.05, 3.63) is 29.8 Å². The Bertz CT molecular complexity index is 382. The molecule has 0 aliphatic carbocycles. The Morgan fingerprint density at radius 2 is 2.15 bits per heavy atom. The molecule has 0 spiro atoms. The summed E-state index contributed by atoms with van der Waals surface area (Å²) in [6.07, 6.45) is 0. The lowest BCUT2D eigenvalue weighted by molar-refractivity contribution is 0.0917. The van der Waals surface area contributed by atoms with Gasteiger partial charge in [-0.2, -0.15) is 0 Å². The van der Waals surface area contributed by atoms with E-state index in [-0.39, 0.29) is 12.4 Å². The summed E-state index contributed by atoms with van der Waals surface area (Å²) < 4.78 is 5.10. The summed E-state index contributed by atoms with van der Waals surface area (Å²) >= 11 is 0. The molecule has 2 rings (SSSR count). The maximum absolute atomic E-state index is 11.5. The Hall–Kier alpha value is -1.64. The predicted octanol–water partition coefficient (Wildman–Crippen LogP) is 1.95.